The minimum absolute atomic E-state index is 0.00165. The average molecular weight is 405 g/mol. The second-order valence-corrected chi connectivity index (χ2v) is 7.48. The molecule has 2 aromatic carbocycles. The van der Waals surface area contributed by atoms with Crippen molar-refractivity contribution in [1.29, 1.82) is 0 Å². The molecule has 1 aromatic heterocycles. The number of Topliss-reactive ketones (excluding diaryl/α,β-unsaturated/α-hetero) is 1. The van der Waals surface area contributed by atoms with Gasteiger partial charge in [0.25, 0.3) is 11.7 Å². The maximum Gasteiger partial charge on any atom is 0.292 e. The number of amides is 2. The lowest BCUT2D eigenvalue weighted by molar-refractivity contribution is -0.118. The second-order valence-electron chi connectivity index (χ2n) is 7.48. The minimum atomic E-state index is -0.654. The third-order valence-electron chi connectivity index (χ3n) is 5.47. The van der Waals surface area contributed by atoms with Crippen LogP contribution in [-0.2, 0) is 9.59 Å². The molecule has 0 spiro atoms. The zero-order valence-electron chi connectivity index (χ0n) is 16.9. The molecule has 4 rings (SSSR count). The first-order chi connectivity index (χ1) is 14.5. The monoisotopic (exact) mass is 405 g/mol. The Hall–Kier alpha value is -3.61. The van der Waals surface area contributed by atoms with Crippen LogP contribution in [0.2, 0.25) is 0 Å². The van der Waals surface area contributed by atoms with Gasteiger partial charge in [0.15, 0.2) is 0 Å². The lowest BCUT2D eigenvalue weighted by Gasteiger charge is -2.17. The van der Waals surface area contributed by atoms with Gasteiger partial charge in [-0.1, -0.05) is 18.2 Å². The van der Waals surface area contributed by atoms with Gasteiger partial charge in [-0.25, -0.2) is 0 Å². The van der Waals surface area contributed by atoms with Crippen molar-refractivity contribution < 1.29 is 19.1 Å². The Morgan fingerprint density at radius 1 is 1.17 bits per heavy atom. The van der Waals surface area contributed by atoms with E-state index in [0.717, 1.165) is 22.3 Å². The SMILES string of the molecule is COc1ccc(N2CC(CNC(=O)C(=O)c3c(C)[nH]c4ccccc34)CC2=O)cc1. The summed E-state index contributed by atoms with van der Waals surface area (Å²) < 4.78 is 5.15. The second kappa shape index (κ2) is 8.02. The molecule has 0 radical (unpaired) electrons. The molecule has 1 saturated heterocycles. The first-order valence-corrected chi connectivity index (χ1v) is 9.82. The summed E-state index contributed by atoms with van der Waals surface area (Å²) in [5.41, 5.74) is 2.67. The largest absolute Gasteiger partial charge is 0.497 e. The number of aromatic nitrogens is 1. The number of aryl methyl sites for hydroxylation is 1. The summed E-state index contributed by atoms with van der Waals surface area (Å²) >= 11 is 0. The molecule has 0 bridgehead atoms. The Bertz CT molecular complexity index is 1120. The van der Waals surface area contributed by atoms with E-state index in [9.17, 15) is 14.4 Å². The van der Waals surface area contributed by atoms with Gasteiger partial charge >= 0.3 is 0 Å². The van der Waals surface area contributed by atoms with Gasteiger partial charge in [-0.3, -0.25) is 14.4 Å². The topological polar surface area (TPSA) is 91.5 Å². The van der Waals surface area contributed by atoms with E-state index in [1.807, 2.05) is 36.4 Å². The number of methoxy groups -OCH3 is 1. The summed E-state index contributed by atoms with van der Waals surface area (Å²) in [6.45, 7) is 2.54. The fourth-order valence-corrected chi connectivity index (χ4v) is 3.93. The number of para-hydroxylation sites is 1. The number of H-pyrrole nitrogens is 1. The number of nitrogens with zero attached hydrogens (tertiary/aromatic N) is 1. The van der Waals surface area contributed by atoms with Gasteiger partial charge in [-0.2, -0.15) is 0 Å². The van der Waals surface area contributed by atoms with Crippen LogP contribution in [-0.4, -0.2) is 42.8 Å². The summed E-state index contributed by atoms with van der Waals surface area (Å²) in [5, 5.41) is 3.45. The average Bonchev–Trinajstić information content (AvgIpc) is 3.30. The van der Waals surface area contributed by atoms with Crippen LogP contribution >= 0.6 is 0 Å². The van der Waals surface area contributed by atoms with Crippen molar-refractivity contribution >= 4 is 34.2 Å². The van der Waals surface area contributed by atoms with Gasteiger partial charge in [-0.05, 0) is 37.3 Å². The highest BCUT2D eigenvalue weighted by Gasteiger charge is 2.31. The van der Waals surface area contributed by atoms with Crippen molar-refractivity contribution in [2.75, 3.05) is 25.1 Å². The van der Waals surface area contributed by atoms with Crippen LogP contribution in [0.25, 0.3) is 10.9 Å². The van der Waals surface area contributed by atoms with E-state index < -0.39 is 11.7 Å². The van der Waals surface area contributed by atoms with E-state index in [0.29, 0.717) is 24.2 Å². The van der Waals surface area contributed by atoms with Crippen LogP contribution in [0.5, 0.6) is 5.75 Å². The first-order valence-electron chi connectivity index (χ1n) is 9.82. The fourth-order valence-electron chi connectivity index (χ4n) is 3.93. The normalized spacial score (nSPS) is 16.1. The number of ketones is 1. The van der Waals surface area contributed by atoms with E-state index >= 15 is 0 Å². The van der Waals surface area contributed by atoms with Crippen molar-refractivity contribution in [2.24, 2.45) is 5.92 Å². The van der Waals surface area contributed by atoms with Crippen LogP contribution < -0.4 is 15.0 Å². The van der Waals surface area contributed by atoms with Crippen molar-refractivity contribution in [1.82, 2.24) is 10.3 Å². The smallest absolute Gasteiger partial charge is 0.292 e. The van der Waals surface area contributed by atoms with Crippen molar-refractivity contribution in [3.63, 3.8) is 0 Å². The van der Waals surface area contributed by atoms with E-state index in [1.165, 1.54) is 0 Å². The van der Waals surface area contributed by atoms with Gasteiger partial charge in [-0.15, -0.1) is 0 Å². The Morgan fingerprint density at radius 3 is 2.63 bits per heavy atom. The van der Waals surface area contributed by atoms with Crippen LogP contribution in [0, 0.1) is 12.8 Å². The van der Waals surface area contributed by atoms with Crippen LogP contribution in [0.15, 0.2) is 48.5 Å². The van der Waals surface area contributed by atoms with E-state index in [-0.39, 0.29) is 18.4 Å². The number of hydrogen-bond donors (Lipinski definition) is 2. The quantitative estimate of drug-likeness (QED) is 0.487. The summed E-state index contributed by atoms with van der Waals surface area (Å²) in [4.78, 5) is 42.5. The predicted molar refractivity (Wildman–Crippen MR) is 114 cm³/mol. The van der Waals surface area contributed by atoms with E-state index in [2.05, 4.69) is 10.3 Å². The Labute approximate surface area is 174 Å². The number of aromatic amines is 1. The standard InChI is InChI=1S/C23H23N3O4/c1-14-21(18-5-3-4-6-19(18)25-14)22(28)23(29)24-12-15-11-20(27)26(13-15)16-7-9-17(30-2)10-8-16/h3-10,15,25H,11-13H2,1-2H3,(H,24,29). The number of carbonyl (C=O) groups excluding carboxylic acids is 3. The molecule has 1 atom stereocenters. The van der Waals surface area contributed by atoms with Crippen molar-refractivity contribution in [3.8, 4) is 5.75 Å². The molecule has 2 N–H and O–H groups in total. The number of nitrogens with one attached hydrogen (secondary N) is 2. The maximum absolute atomic E-state index is 12.7. The number of fused-ring (bicyclic) bond motifs is 1. The number of benzene rings is 2. The van der Waals surface area contributed by atoms with Gasteiger partial charge in [0.1, 0.15) is 5.75 Å². The summed E-state index contributed by atoms with van der Waals surface area (Å²) in [6, 6.07) is 14.7. The molecule has 7 nitrogen and oxygen atoms in total. The van der Waals surface area contributed by atoms with Gasteiger partial charge in [0.05, 0.1) is 12.7 Å². The van der Waals surface area contributed by atoms with E-state index in [4.69, 9.17) is 4.74 Å². The summed E-state index contributed by atoms with van der Waals surface area (Å²) in [7, 11) is 1.59. The molecule has 1 fully saturated rings. The Kier molecular flexibility index (Phi) is 5.27. The highest BCUT2D eigenvalue weighted by Crippen LogP contribution is 2.27. The molecule has 0 saturated carbocycles. The first kappa shape index (κ1) is 19.7. The van der Waals surface area contributed by atoms with Crippen LogP contribution in [0.3, 0.4) is 0 Å². The van der Waals surface area contributed by atoms with Crippen molar-refractivity contribution in [3.05, 3.63) is 59.8 Å². The third kappa shape index (κ3) is 3.66. The number of rotatable bonds is 6. The number of ether oxygens (including phenoxy) is 1. The van der Waals surface area contributed by atoms with Crippen molar-refractivity contribution in [2.45, 2.75) is 13.3 Å². The number of hydrogen-bond acceptors (Lipinski definition) is 4. The molecular weight excluding hydrogens is 382 g/mol. The maximum atomic E-state index is 12.7. The Balaban J connectivity index is 1.39. The fraction of sp³-hybridized carbons (Fsp3) is 0.261. The van der Waals surface area contributed by atoms with Gasteiger partial charge in [0.2, 0.25) is 5.91 Å². The molecule has 2 heterocycles. The molecule has 30 heavy (non-hydrogen) atoms. The lowest BCUT2D eigenvalue weighted by atomic mass is 10.1. The van der Waals surface area contributed by atoms with Crippen LogP contribution in [0.4, 0.5) is 5.69 Å². The van der Waals surface area contributed by atoms with Crippen LogP contribution in [0.1, 0.15) is 22.5 Å². The molecule has 154 valence electrons. The molecule has 3 aromatic rings. The third-order valence-corrected chi connectivity index (χ3v) is 5.47. The Morgan fingerprint density at radius 2 is 1.90 bits per heavy atom. The number of anilines is 1. The minimum Gasteiger partial charge on any atom is -0.497 e. The number of carbonyl (C=O) groups is 3. The lowest BCUT2D eigenvalue weighted by Crippen LogP contribution is -2.36. The highest BCUT2D eigenvalue weighted by atomic mass is 16.5. The molecular formula is C23H23N3O4. The summed E-state index contributed by atoms with van der Waals surface area (Å²) in [6.07, 6.45) is 0.326. The van der Waals surface area contributed by atoms with E-state index in [1.54, 1.807) is 31.1 Å². The molecule has 1 aliphatic heterocycles. The van der Waals surface area contributed by atoms with Gasteiger partial charge < -0.3 is 19.9 Å². The summed E-state index contributed by atoms with van der Waals surface area (Å²) in [5.74, 6) is -0.557. The molecule has 0 aliphatic carbocycles. The predicted octanol–water partition coefficient (Wildman–Crippen LogP) is 2.84. The molecule has 7 heteroatoms. The zero-order chi connectivity index (χ0) is 21.3. The molecule has 1 unspecified atom stereocenters. The van der Waals surface area contributed by atoms with Gasteiger partial charge in [0, 0.05) is 47.7 Å². The highest BCUT2D eigenvalue weighted by molar-refractivity contribution is 6.45. The molecule has 1 aliphatic rings. The molecule has 2 amide bonds. The zero-order valence-corrected chi connectivity index (χ0v) is 16.9.